The van der Waals surface area contributed by atoms with E-state index in [0.29, 0.717) is 14.4 Å². The van der Waals surface area contributed by atoms with Gasteiger partial charge in [-0.3, -0.25) is 5.10 Å². The summed E-state index contributed by atoms with van der Waals surface area (Å²) in [5, 5.41) is 28.9. The van der Waals surface area contributed by atoms with E-state index in [0.717, 1.165) is 20.3 Å². The minimum atomic E-state index is -0.562. The van der Waals surface area contributed by atoms with Gasteiger partial charge in [0.25, 0.3) is 0 Å². The first kappa shape index (κ1) is 34.8. The summed E-state index contributed by atoms with van der Waals surface area (Å²) in [5.74, 6) is 0.505. The monoisotopic (exact) mass is 782 g/mol. The zero-order chi connectivity index (χ0) is 32.2. The molecule has 0 saturated carbocycles. The van der Waals surface area contributed by atoms with Crippen molar-refractivity contribution in [3.63, 3.8) is 0 Å². The predicted molar refractivity (Wildman–Crippen MR) is 176 cm³/mol. The molecule has 10 nitrogen and oxygen atoms in total. The summed E-state index contributed by atoms with van der Waals surface area (Å²) in [6.07, 6.45) is 6.16. The first-order valence-electron chi connectivity index (χ1n) is 13.1. The third-order valence-electron chi connectivity index (χ3n) is 6.40. The number of phenolic OH excluding ortho intramolecular Hbond substituents is 2. The van der Waals surface area contributed by atoms with Crippen LogP contribution in [0, 0.1) is 0 Å². The number of carbonyl (C=O) groups is 1. The van der Waals surface area contributed by atoms with Gasteiger partial charge in [-0.1, -0.05) is 22.0 Å². The number of rotatable bonds is 2. The van der Waals surface area contributed by atoms with Crippen molar-refractivity contribution in [1.29, 1.82) is 0 Å². The zero-order valence-corrected chi connectivity index (χ0v) is 29.6. The van der Waals surface area contributed by atoms with Crippen LogP contribution in [0.25, 0.3) is 11.1 Å². The Morgan fingerprint density at radius 3 is 2.00 bits per heavy atom. The highest BCUT2D eigenvalue weighted by Gasteiger charge is 2.52. The van der Waals surface area contributed by atoms with Gasteiger partial charge in [-0.2, -0.15) is 14.9 Å². The Bertz CT molecular complexity index is 1520. The fourth-order valence-corrected chi connectivity index (χ4v) is 4.85. The van der Waals surface area contributed by atoms with Gasteiger partial charge >= 0.3 is 13.2 Å². The molecule has 5 rings (SSSR count). The maximum atomic E-state index is 11.9. The van der Waals surface area contributed by atoms with E-state index in [1.165, 1.54) is 0 Å². The lowest BCUT2D eigenvalue weighted by Gasteiger charge is -2.32. The van der Waals surface area contributed by atoms with Gasteiger partial charge in [0.1, 0.15) is 17.1 Å². The van der Waals surface area contributed by atoms with Crippen molar-refractivity contribution in [1.82, 2.24) is 20.0 Å². The fourth-order valence-electron chi connectivity index (χ4n) is 3.42. The van der Waals surface area contributed by atoms with E-state index in [1.54, 1.807) is 49.1 Å². The van der Waals surface area contributed by atoms with Crippen LogP contribution in [0.3, 0.4) is 0 Å². The van der Waals surface area contributed by atoms with Crippen LogP contribution in [-0.2, 0) is 14.0 Å². The van der Waals surface area contributed by atoms with E-state index in [9.17, 15) is 9.90 Å². The van der Waals surface area contributed by atoms with Crippen LogP contribution < -0.4 is 5.46 Å². The molecule has 1 aliphatic rings. The Labute approximate surface area is 276 Å². The number of nitrogens with one attached hydrogen (secondary N) is 1. The summed E-state index contributed by atoms with van der Waals surface area (Å²) in [6.45, 7) is 13.3. The normalized spacial score (nSPS) is 15.2. The molecule has 0 atom stereocenters. The van der Waals surface area contributed by atoms with Crippen LogP contribution in [0.15, 0.2) is 74.6 Å². The molecule has 0 spiro atoms. The van der Waals surface area contributed by atoms with Gasteiger partial charge in [0, 0.05) is 34.1 Å². The summed E-state index contributed by atoms with van der Waals surface area (Å²) >= 11 is 9.67. The SMILES string of the molecule is CC(C)(C)OC(=O)n1cc(B2OC(C)(C)C(C)(C)O2)cn1.Oc1ccc(-c2cn[nH]c2)cc1Br.Oc1ccc(Br)cc1Br. The number of carbonyl (C=O) groups excluding carboxylic acids is 1. The van der Waals surface area contributed by atoms with Crippen LogP contribution in [0.2, 0.25) is 0 Å². The molecule has 4 aromatic rings. The smallest absolute Gasteiger partial charge is 0.498 e. The lowest BCUT2D eigenvalue weighted by Crippen LogP contribution is -2.41. The number of H-pyrrole nitrogens is 1. The standard InChI is InChI=1S/C14H23BN2O4.C9H7BrN2O.C6H4Br2O/c1-12(2,3)19-11(18)17-9-10(8-16-17)15-20-13(4,5)14(6,7)21-15;10-8-3-6(1-2-9(8)13)7-4-11-12-5-7;7-4-1-2-6(9)5(8)3-4/h8-9H,1-7H3;1-5,13H,(H,11,12);1-3,9H. The maximum absolute atomic E-state index is 11.9. The molecule has 2 aromatic carbocycles. The Balaban J connectivity index is 0.000000195. The van der Waals surface area contributed by atoms with Crippen molar-refractivity contribution >= 4 is 66.5 Å². The van der Waals surface area contributed by atoms with Crippen molar-refractivity contribution < 1.29 is 29.1 Å². The first-order valence-corrected chi connectivity index (χ1v) is 15.5. The number of ether oxygens (including phenoxy) is 1. The van der Waals surface area contributed by atoms with Gasteiger partial charge in [-0.05, 0) is 116 Å². The maximum Gasteiger partial charge on any atom is 0.498 e. The van der Waals surface area contributed by atoms with Crippen molar-refractivity contribution in [2.45, 2.75) is 65.3 Å². The second-order valence-electron chi connectivity index (χ2n) is 11.5. The van der Waals surface area contributed by atoms with E-state index in [1.807, 2.05) is 60.6 Å². The largest absolute Gasteiger partial charge is 0.507 e. The number of benzene rings is 2. The van der Waals surface area contributed by atoms with Gasteiger partial charge in [0.05, 0.1) is 26.3 Å². The van der Waals surface area contributed by atoms with E-state index in [4.69, 9.17) is 19.2 Å². The Morgan fingerprint density at radius 1 is 0.930 bits per heavy atom. The molecule has 1 aliphatic heterocycles. The van der Waals surface area contributed by atoms with Gasteiger partial charge < -0.3 is 24.3 Å². The topological polar surface area (TPSA) is 132 Å². The summed E-state index contributed by atoms with van der Waals surface area (Å²) in [5.41, 5.74) is 1.30. The number of aromatic amines is 1. The van der Waals surface area contributed by atoms with Crippen molar-refractivity contribution in [3.05, 3.63) is 74.6 Å². The van der Waals surface area contributed by atoms with E-state index in [2.05, 4.69) is 63.1 Å². The Hall–Kier alpha value is -2.65. The minimum absolute atomic E-state index is 0.243. The molecule has 0 bridgehead atoms. The molecule has 0 aliphatic carbocycles. The molecular weight excluding hydrogens is 751 g/mol. The fraction of sp³-hybridized carbons (Fsp3) is 0.345. The van der Waals surface area contributed by atoms with Gasteiger partial charge in [0.15, 0.2) is 0 Å². The second-order valence-corrected chi connectivity index (χ2v) is 14.2. The predicted octanol–water partition coefficient (Wildman–Crippen LogP) is 7.43. The molecule has 3 heterocycles. The summed E-state index contributed by atoms with van der Waals surface area (Å²) in [6, 6.07) is 10.5. The highest BCUT2D eigenvalue weighted by molar-refractivity contribution is 9.11. The average Bonchev–Trinajstić information content (AvgIpc) is 3.64. The molecule has 14 heteroatoms. The first-order chi connectivity index (χ1) is 19.9. The number of aromatic nitrogens is 4. The molecule has 1 fully saturated rings. The molecule has 3 N–H and O–H groups in total. The number of hydrogen-bond acceptors (Lipinski definition) is 8. The molecule has 230 valence electrons. The molecular formula is C29H34BBr3N4O6. The van der Waals surface area contributed by atoms with Crippen LogP contribution in [0.5, 0.6) is 11.5 Å². The number of hydrogen-bond donors (Lipinski definition) is 3. The van der Waals surface area contributed by atoms with Crippen molar-refractivity contribution in [2.24, 2.45) is 0 Å². The number of halogens is 3. The average molecular weight is 785 g/mol. The quantitative estimate of drug-likeness (QED) is 0.179. The van der Waals surface area contributed by atoms with Crippen molar-refractivity contribution in [2.75, 3.05) is 0 Å². The molecule has 43 heavy (non-hydrogen) atoms. The van der Waals surface area contributed by atoms with Crippen LogP contribution in [0.1, 0.15) is 48.5 Å². The van der Waals surface area contributed by atoms with Gasteiger partial charge in [0.2, 0.25) is 0 Å². The number of aromatic hydroxyl groups is 2. The van der Waals surface area contributed by atoms with Crippen molar-refractivity contribution in [3.8, 4) is 22.6 Å². The number of phenols is 2. The van der Waals surface area contributed by atoms with E-state index < -0.39 is 30.0 Å². The number of nitrogens with zero attached hydrogens (tertiary/aromatic N) is 3. The third kappa shape index (κ3) is 9.67. The van der Waals surface area contributed by atoms with Crippen LogP contribution in [-0.4, -0.2) is 60.2 Å². The molecule has 0 unspecified atom stereocenters. The molecule has 0 amide bonds. The highest BCUT2D eigenvalue weighted by atomic mass is 79.9. The summed E-state index contributed by atoms with van der Waals surface area (Å²) in [4.78, 5) is 11.9. The molecule has 1 saturated heterocycles. The molecule has 2 aromatic heterocycles. The van der Waals surface area contributed by atoms with E-state index in [-0.39, 0.29) is 11.5 Å². The van der Waals surface area contributed by atoms with Crippen LogP contribution in [0.4, 0.5) is 4.79 Å². The minimum Gasteiger partial charge on any atom is -0.507 e. The summed E-state index contributed by atoms with van der Waals surface area (Å²) in [7, 11) is -0.536. The highest BCUT2D eigenvalue weighted by Crippen LogP contribution is 2.36. The Morgan fingerprint density at radius 2 is 1.51 bits per heavy atom. The summed E-state index contributed by atoms with van der Waals surface area (Å²) < 4.78 is 20.6. The van der Waals surface area contributed by atoms with E-state index >= 15 is 0 Å². The zero-order valence-electron chi connectivity index (χ0n) is 24.9. The Kier molecular flexibility index (Phi) is 11.3. The lowest BCUT2D eigenvalue weighted by molar-refractivity contribution is 0.00578. The lowest BCUT2D eigenvalue weighted by atomic mass is 9.82. The molecule has 0 radical (unpaired) electrons. The van der Waals surface area contributed by atoms with Gasteiger partial charge in [-0.25, -0.2) is 4.79 Å². The van der Waals surface area contributed by atoms with Gasteiger partial charge in [-0.15, -0.1) is 0 Å². The van der Waals surface area contributed by atoms with Crippen LogP contribution >= 0.6 is 47.8 Å². The second kappa shape index (κ2) is 14.0. The third-order valence-corrected chi connectivity index (χ3v) is 8.16.